The Balaban J connectivity index is 2.50. The Kier molecular flexibility index (Phi) is 12.8. The summed E-state index contributed by atoms with van der Waals surface area (Å²) in [6.45, 7) is 16.3. The molecule has 9 heteroatoms. The lowest BCUT2D eigenvalue weighted by atomic mass is 9.95. The molecule has 2 rings (SSSR count). The van der Waals surface area contributed by atoms with Crippen LogP contribution in [0.15, 0.2) is 60.7 Å². The number of hydrogen-bond donors (Lipinski definition) is 2. The van der Waals surface area contributed by atoms with Crippen LogP contribution < -0.4 is 10.6 Å². The average Bonchev–Trinajstić information content (AvgIpc) is 2.92. The van der Waals surface area contributed by atoms with E-state index in [9.17, 15) is 19.2 Å². The largest absolute Gasteiger partial charge is 0.458 e. The van der Waals surface area contributed by atoms with E-state index in [1.807, 2.05) is 50.2 Å². The van der Waals surface area contributed by atoms with Crippen LogP contribution >= 0.6 is 0 Å². The van der Waals surface area contributed by atoms with Crippen molar-refractivity contribution >= 4 is 23.9 Å². The van der Waals surface area contributed by atoms with E-state index in [4.69, 9.17) is 9.47 Å². The fraction of sp³-hybridized carbons (Fsp3) is 0.529. The first kappa shape index (κ1) is 35.3. The number of alkyl carbamates (subject to hydrolysis) is 1. The number of esters is 1. The summed E-state index contributed by atoms with van der Waals surface area (Å²) in [5.74, 6) is -1.78. The fourth-order valence-corrected chi connectivity index (χ4v) is 4.54. The molecule has 0 saturated heterocycles. The quantitative estimate of drug-likeness (QED) is 0.310. The van der Waals surface area contributed by atoms with Gasteiger partial charge in [0.25, 0.3) is 0 Å². The summed E-state index contributed by atoms with van der Waals surface area (Å²) in [6, 6.07) is 15.2. The van der Waals surface area contributed by atoms with E-state index in [2.05, 4.69) is 10.6 Å². The van der Waals surface area contributed by atoms with Crippen molar-refractivity contribution in [2.24, 2.45) is 5.92 Å². The smallest absolute Gasteiger partial charge is 0.408 e. The van der Waals surface area contributed by atoms with Crippen LogP contribution in [0.4, 0.5) is 4.79 Å². The third kappa shape index (κ3) is 11.4. The number of amides is 3. The number of hydrogen-bond acceptors (Lipinski definition) is 6. The van der Waals surface area contributed by atoms with Crippen molar-refractivity contribution < 1.29 is 28.7 Å². The number of ether oxygens (including phenoxy) is 2. The van der Waals surface area contributed by atoms with Gasteiger partial charge >= 0.3 is 12.1 Å². The maximum atomic E-state index is 14.2. The number of carbonyl (C=O) groups is 4. The second-order valence-corrected chi connectivity index (χ2v) is 12.7. The molecule has 2 aromatic rings. The summed E-state index contributed by atoms with van der Waals surface area (Å²) in [6.07, 6.45) is 0.0958. The third-order valence-electron chi connectivity index (χ3n) is 6.74. The van der Waals surface area contributed by atoms with Crippen molar-refractivity contribution in [3.63, 3.8) is 0 Å². The number of benzene rings is 2. The Bertz CT molecular complexity index is 1200. The van der Waals surface area contributed by atoms with Gasteiger partial charge in [-0.2, -0.15) is 0 Å². The summed E-state index contributed by atoms with van der Waals surface area (Å²) in [5, 5.41) is 5.63. The van der Waals surface area contributed by atoms with Crippen LogP contribution in [0.25, 0.3) is 0 Å². The standard InChI is InChI=1S/C34H49N3O6/c1-10-23(3)27(36-32(41)43-34(7,8)9)30(39)37(11-2)28(25-20-16-13-17-21-25)29(38)35-26(31(40)42-33(4,5)6)22-24-18-14-12-15-19-24/h12-21,23,26-28H,10-11,22H2,1-9H3,(H,35,38)(H,36,41). The Morgan fingerprint density at radius 2 is 1.33 bits per heavy atom. The highest BCUT2D eigenvalue weighted by atomic mass is 16.6. The van der Waals surface area contributed by atoms with E-state index in [-0.39, 0.29) is 18.9 Å². The summed E-state index contributed by atoms with van der Waals surface area (Å²) in [4.78, 5) is 55.9. The van der Waals surface area contributed by atoms with Gasteiger partial charge in [-0.15, -0.1) is 0 Å². The number of carbonyl (C=O) groups excluding carboxylic acids is 4. The fourth-order valence-electron chi connectivity index (χ4n) is 4.54. The molecule has 9 nitrogen and oxygen atoms in total. The van der Waals surface area contributed by atoms with Crippen molar-refractivity contribution in [2.75, 3.05) is 6.54 Å². The molecule has 0 saturated carbocycles. The van der Waals surface area contributed by atoms with Crippen molar-refractivity contribution in [3.8, 4) is 0 Å². The first-order valence-corrected chi connectivity index (χ1v) is 15.0. The molecule has 0 aliphatic rings. The molecular weight excluding hydrogens is 546 g/mol. The maximum absolute atomic E-state index is 14.2. The van der Waals surface area contributed by atoms with E-state index in [1.165, 1.54) is 4.90 Å². The van der Waals surface area contributed by atoms with E-state index in [0.29, 0.717) is 12.0 Å². The molecule has 0 bridgehead atoms. The molecule has 2 N–H and O–H groups in total. The lowest BCUT2D eigenvalue weighted by molar-refractivity contribution is -0.159. The average molecular weight is 596 g/mol. The van der Waals surface area contributed by atoms with Crippen LogP contribution in [-0.2, 0) is 30.3 Å². The molecule has 4 atom stereocenters. The molecule has 0 heterocycles. The first-order valence-electron chi connectivity index (χ1n) is 15.0. The number of nitrogens with zero attached hydrogens (tertiary/aromatic N) is 1. The molecule has 0 radical (unpaired) electrons. The molecule has 0 aliphatic carbocycles. The second-order valence-electron chi connectivity index (χ2n) is 12.7. The maximum Gasteiger partial charge on any atom is 0.408 e. The predicted octanol–water partition coefficient (Wildman–Crippen LogP) is 5.58. The Hall–Kier alpha value is -3.88. The highest BCUT2D eigenvalue weighted by Crippen LogP contribution is 2.25. The molecule has 236 valence electrons. The molecular formula is C34H49N3O6. The second kappa shape index (κ2) is 15.5. The van der Waals surface area contributed by atoms with E-state index in [0.717, 1.165) is 5.56 Å². The highest BCUT2D eigenvalue weighted by Gasteiger charge is 2.39. The van der Waals surface area contributed by atoms with Crippen molar-refractivity contribution in [1.82, 2.24) is 15.5 Å². The molecule has 0 spiro atoms. The molecule has 2 aromatic carbocycles. The van der Waals surface area contributed by atoms with Gasteiger partial charge in [-0.3, -0.25) is 9.59 Å². The van der Waals surface area contributed by atoms with Gasteiger partial charge in [-0.1, -0.05) is 80.9 Å². The Morgan fingerprint density at radius 3 is 1.81 bits per heavy atom. The summed E-state index contributed by atoms with van der Waals surface area (Å²) >= 11 is 0. The number of likely N-dealkylation sites (N-methyl/N-ethyl adjacent to an activating group) is 1. The van der Waals surface area contributed by atoms with Crippen LogP contribution in [0.3, 0.4) is 0 Å². The topological polar surface area (TPSA) is 114 Å². The lowest BCUT2D eigenvalue weighted by Crippen LogP contribution is -2.56. The molecule has 3 amide bonds. The highest BCUT2D eigenvalue weighted by molar-refractivity contribution is 5.94. The molecule has 0 aliphatic heterocycles. The van der Waals surface area contributed by atoms with Crippen LogP contribution in [0, 0.1) is 5.92 Å². The predicted molar refractivity (Wildman–Crippen MR) is 167 cm³/mol. The van der Waals surface area contributed by atoms with E-state index in [1.54, 1.807) is 72.7 Å². The zero-order valence-electron chi connectivity index (χ0n) is 27.1. The molecule has 0 fully saturated rings. The van der Waals surface area contributed by atoms with E-state index < -0.39 is 53.2 Å². The lowest BCUT2D eigenvalue weighted by Gasteiger charge is -2.36. The van der Waals surface area contributed by atoms with Gasteiger partial charge in [0.05, 0.1) is 0 Å². The third-order valence-corrected chi connectivity index (χ3v) is 6.74. The number of rotatable bonds is 12. The zero-order chi connectivity index (χ0) is 32.4. The van der Waals surface area contributed by atoms with Gasteiger partial charge in [0.15, 0.2) is 0 Å². The summed E-state index contributed by atoms with van der Waals surface area (Å²) < 4.78 is 11.1. The number of nitrogens with one attached hydrogen (secondary N) is 2. The van der Waals surface area contributed by atoms with E-state index >= 15 is 0 Å². The van der Waals surface area contributed by atoms with Crippen LogP contribution in [0.2, 0.25) is 0 Å². The van der Waals surface area contributed by atoms with Gasteiger partial charge in [-0.05, 0) is 65.5 Å². The van der Waals surface area contributed by atoms with Crippen LogP contribution in [0.5, 0.6) is 0 Å². The van der Waals surface area contributed by atoms with Crippen LogP contribution in [-0.4, -0.2) is 58.6 Å². The van der Waals surface area contributed by atoms with Gasteiger partial charge in [0, 0.05) is 13.0 Å². The monoisotopic (exact) mass is 595 g/mol. The molecule has 4 unspecified atom stereocenters. The van der Waals surface area contributed by atoms with Crippen molar-refractivity contribution in [1.29, 1.82) is 0 Å². The van der Waals surface area contributed by atoms with Gasteiger partial charge < -0.3 is 25.0 Å². The minimum Gasteiger partial charge on any atom is -0.458 e. The summed E-state index contributed by atoms with van der Waals surface area (Å²) in [7, 11) is 0. The Morgan fingerprint density at radius 1 is 0.791 bits per heavy atom. The first-order chi connectivity index (χ1) is 20.1. The normalized spacial score (nSPS) is 14.4. The SMILES string of the molecule is CCC(C)C(NC(=O)OC(C)(C)C)C(=O)N(CC)C(C(=O)NC(Cc1ccccc1)C(=O)OC(C)(C)C)c1ccccc1. The summed E-state index contributed by atoms with van der Waals surface area (Å²) in [5.41, 5.74) is -0.105. The zero-order valence-corrected chi connectivity index (χ0v) is 27.1. The minimum absolute atomic E-state index is 0.171. The van der Waals surface area contributed by atoms with Gasteiger partial charge in [0.1, 0.15) is 29.3 Å². The van der Waals surface area contributed by atoms with Crippen LogP contribution in [0.1, 0.15) is 85.9 Å². The minimum atomic E-state index is -1.08. The van der Waals surface area contributed by atoms with Crippen molar-refractivity contribution in [3.05, 3.63) is 71.8 Å². The van der Waals surface area contributed by atoms with Gasteiger partial charge in [-0.25, -0.2) is 9.59 Å². The molecule has 43 heavy (non-hydrogen) atoms. The molecule has 0 aromatic heterocycles. The van der Waals surface area contributed by atoms with Crippen molar-refractivity contribution in [2.45, 2.75) is 104 Å². The van der Waals surface area contributed by atoms with Gasteiger partial charge in [0.2, 0.25) is 11.8 Å². The Labute approximate surface area is 256 Å².